The molecule has 1 aliphatic heterocycles. The van der Waals surface area contributed by atoms with E-state index in [-0.39, 0.29) is 18.7 Å². The first-order chi connectivity index (χ1) is 13.3. The Morgan fingerprint density at radius 3 is 2.64 bits per heavy atom. The Hall–Kier alpha value is -2.25. The zero-order valence-corrected chi connectivity index (χ0v) is 15.8. The molecule has 1 aliphatic rings. The Morgan fingerprint density at radius 2 is 1.96 bits per heavy atom. The number of amides is 2. The van der Waals surface area contributed by atoms with E-state index >= 15 is 0 Å². The minimum Gasteiger partial charge on any atom is -0.372 e. The van der Waals surface area contributed by atoms with Crippen LogP contribution in [0.4, 0.5) is 23.7 Å². The van der Waals surface area contributed by atoms with Crippen molar-refractivity contribution in [2.45, 2.75) is 31.7 Å². The van der Waals surface area contributed by atoms with Gasteiger partial charge in [-0.15, -0.1) is 0 Å². The maximum Gasteiger partial charge on any atom is 0.416 e. The van der Waals surface area contributed by atoms with Gasteiger partial charge in [-0.25, -0.2) is 4.79 Å². The van der Waals surface area contributed by atoms with E-state index < -0.39 is 11.7 Å². The van der Waals surface area contributed by atoms with Gasteiger partial charge in [-0.3, -0.25) is 0 Å². The number of urea groups is 1. The molecule has 28 heavy (non-hydrogen) atoms. The Balaban J connectivity index is 1.51. The second kappa shape index (κ2) is 8.84. The van der Waals surface area contributed by atoms with E-state index in [4.69, 9.17) is 16.3 Å². The molecule has 8 heteroatoms. The summed E-state index contributed by atoms with van der Waals surface area (Å²) < 4.78 is 43.7. The van der Waals surface area contributed by atoms with Gasteiger partial charge in [0.1, 0.15) is 0 Å². The summed E-state index contributed by atoms with van der Waals surface area (Å²) >= 11 is 5.92. The summed E-state index contributed by atoms with van der Waals surface area (Å²) in [6, 6.07) is 11.6. The molecule has 0 bridgehead atoms. The molecule has 2 aromatic carbocycles. The van der Waals surface area contributed by atoms with Crippen LogP contribution in [0.3, 0.4) is 0 Å². The van der Waals surface area contributed by atoms with Crippen LogP contribution in [0, 0.1) is 0 Å². The zero-order chi connectivity index (χ0) is 20.1. The van der Waals surface area contributed by atoms with Gasteiger partial charge in [-0.05, 0) is 48.7 Å². The minimum atomic E-state index is -4.35. The van der Waals surface area contributed by atoms with Crippen molar-refractivity contribution in [3.8, 4) is 0 Å². The van der Waals surface area contributed by atoms with E-state index in [1.165, 1.54) is 12.1 Å². The maximum absolute atomic E-state index is 12.6. The third kappa shape index (κ3) is 5.62. The van der Waals surface area contributed by atoms with E-state index in [0.717, 1.165) is 25.0 Å². The first-order valence-corrected chi connectivity index (χ1v) is 9.28. The van der Waals surface area contributed by atoms with Crippen molar-refractivity contribution >= 4 is 23.3 Å². The van der Waals surface area contributed by atoms with Crippen LogP contribution >= 0.6 is 11.6 Å². The van der Waals surface area contributed by atoms with Crippen molar-refractivity contribution in [1.29, 1.82) is 0 Å². The van der Waals surface area contributed by atoms with E-state index in [1.807, 2.05) is 0 Å². The van der Waals surface area contributed by atoms with Crippen LogP contribution in [0.25, 0.3) is 0 Å². The largest absolute Gasteiger partial charge is 0.416 e. The maximum atomic E-state index is 12.6. The molecule has 3 rings (SSSR count). The lowest BCUT2D eigenvalue weighted by molar-refractivity contribution is -0.137. The van der Waals surface area contributed by atoms with Gasteiger partial charge < -0.3 is 15.0 Å². The molecule has 1 N–H and O–H groups in total. The van der Waals surface area contributed by atoms with Crippen LogP contribution < -0.4 is 5.32 Å². The van der Waals surface area contributed by atoms with Crippen LogP contribution in [0.5, 0.6) is 0 Å². The van der Waals surface area contributed by atoms with Crippen molar-refractivity contribution < 1.29 is 22.7 Å². The topological polar surface area (TPSA) is 41.6 Å². The highest BCUT2D eigenvalue weighted by atomic mass is 35.5. The molecular formula is C20H20ClF3N2O2. The molecule has 2 amide bonds. The molecule has 1 unspecified atom stereocenters. The molecule has 1 heterocycles. The fourth-order valence-corrected chi connectivity index (χ4v) is 3.22. The molecule has 0 spiro atoms. The highest BCUT2D eigenvalue weighted by molar-refractivity contribution is 6.30. The molecule has 1 fully saturated rings. The fraction of sp³-hybridized carbons (Fsp3) is 0.350. The zero-order valence-electron chi connectivity index (χ0n) is 15.0. The molecule has 4 nitrogen and oxygen atoms in total. The van der Waals surface area contributed by atoms with Crippen molar-refractivity contribution in [2.75, 3.05) is 18.4 Å². The van der Waals surface area contributed by atoms with Crippen LogP contribution in [0.15, 0.2) is 48.5 Å². The van der Waals surface area contributed by atoms with Crippen LogP contribution in [0.2, 0.25) is 5.02 Å². The number of alkyl halides is 3. The van der Waals surface area contributed by atoms with Crippen molar-refractivity contribution in [2.24, 2.45) is 0 Å². The number of likely N-dealkylation sites (tertiary alicyclic amines) is 1. The minimum absolute atomic E-state index is 0.166. The number of hydrogen-bond donors (Lipinski definition) is 1. The van der Waals surface area contributed by atoms with Gasteiger partial charge in [-0.2, -0.15) is 13.2 Å². The second-order valence-electron chi connectivity index (χ2n) is 6.66. The van der Waals surface area contributed by atoms with Gasteiger partial charge in [0.2, 0.25) is 0 Å². The van der Waals surface area contributed by atoms with E-state index in [0.29, 0.717) is 29.4 Å². The molecule has 150 valence electrons. The number of benzene rings is 2. The third-order valence-electron chi connectivity index (χ3n) is 4.51. The summed E-state index contributed by atoms with van der Waals surface area (Å²) in [5.74, 6) is 0. The standard InChI is InChI=1S/C20H20ClF3N2O2/c21-16-3-1-4-17(11-16)25-19(27)26-10-2-5-18(12-26)28-13-14-6-8-15(9-7-14)20(22,23)24/h1,3-4,6-9,11,18H,2,5,10,12-13H2,(H,25,27). The highest BCUT2D eigenvalue weighted by Gasteiger charge is 2.30. The van der Waals surface area contributed by atoms with Gasteiger partial charge in [0.25, 0.3) is 0 Å². The number of rotatable bonds is 4. The Morgan fingerprint density at radius 1 is 1.21 bits per heavy atom. The molecule has 2 aromatic rings. The lowest BCUT2D eigenvalue weighted by Gasteiger charge is -2.32. The van der Waals surface area contributed by atoms with Crippen molar-refractivity contribution in [3.05, 3.63) is 64.7 Å². The van der Waals surface area contributed by atoms with Gasteiger partial charge in [-0.1, -0.05) is 29.8 Å². The quantitative estimate of drug-likeness (QED) is 0.713. The van der Waals surface area contributed by atoms with Gasteiger partial charge in [0.15, 0.2) is 0 Å². The summed E-state index contributed by atoms with van der Waals surface area (Å²) in [5, 5.41) is 3.34. The summed E-state index contributed by atoms with van der Waals surface area (Å²) in [4.78, 5) is 14.1. The van der Waals surface area contributed by atoms with Crippen LogP contribution in [-0.4, -0.2) is 30.1 Å². The number of hydrogen-bond acceptors (Lipinski definition) is 2. The number of carbonyl (C=O) groups is 1. The normalized spacial score (nSPS) is 17.4. The number of halogens is 4. The Kier molecular flexibility index (Phi) is 6.46. The lowest BCUT2D eigenvalue weighted by atomic mass is 10.1. The number of carbonyl (C=O) groups excluding carboxylic acids is 1. The first-order valence-electron chi connectivity index (χ1n) is 8.90. The monoisotopic (exact) mass is 412 g/mol. The van der Waals surface area contributed by atoms with Gasteiger partial charge >= 0.3 is 12.2 Å². The predicted molar refractivity (Wildman–Crippen MR) is 101 cm³/mol. The van der Waals surface area contributed by atoms with Crippen molar-refractivity contribution in [3.63, 3.8) is 0 Å². The Bertz CT molecular complexity index is 812. The smallest absolute Gasteiger partial charge is 0.372 e. The molecule has 0 aromatic heterocycles. The van der Waals surface area contributed by atoms with E-state index in [1.54, 1.807) is 29.2 Å². The first kappa shape index (κ1) is 20.5. The molecule has 1 atom stereocenters. The molecule has 1 saturated heterocycles. The SMILES string of the molecule is O=C(Nc1cccc(Cl)c1)N1CCCC(OCc2ccc(C(F)(F)F)cc2)C1. The average Bonchev–Trinajstić information content (AvgIpc) is 2.66. The highest BCUT2D eigenvalue weighted by Crippen LogP contribution is 2.29. The molecular weight excluding hydrogens is 393 g/mol. The van der Waals surface area contributed by atoms with Crippen LogP contribution in [-0.2, 0) is 17.5 Å². The number of ether oxygens (including phenoxy) is 1. The number of nitrogens with one attached hydrogen (secondary N) is 1. The third-order valence-corrected chi connectivity index (χ3v) is 4.74. The summed E-state index contributed by atoms with van der Waals surface area (Å²) in [6.45, 7) is 1.24. The summed E-state index contributed by atoms with van der Waals surface area (Å²) in [5.41, 5.74) is 0.594. The second-order valence-corrected chi connectivity index (χ2v) is 7.09. The number of nitrogens with zero attached hydrogens (tertiary/aromatic N) is 1. The fourth-order valence-electron chi connectivity index (χ4n) is 3.03. The lowest BCUT2D eigenvalue weighted by Crippen LogP contribution is -2.45. The Labute approximate surface area is 166 Å². The molecule has 0 saturated carbocycles. The summed E-state index contributed by atoms with van der Waals surface area (Å²) in [7, 11) is 0. The predicted octanol–water partition coefficient (Wildman–Crippen LogP) is 5.57. The average molecular weight is 413 g/mol. The van der Waals surface area contributed by atoms with E-state index in [9.17, 15) is 18.0 Å². The van der Waals surface area contributed by atoms with Crippen molar-refractivity contribution in [1.82, 2.24) is 4.90 Å². The van der Waals surface area contributed by atoms with Gasteiger partial charge in [0.05, 0.1) is 18.3 Å². The summed E-state index contributed by atoms with van der Waals surface area (Å²) in [6.07, 6.45) is -2.93. The molecule has 0 aliphatic carbocycles. The molecule has 0 radical (unpaired) electrons. The van der Waals surface area contributed by atoms with E-state index in [2.05, 4.69) is 5.32 Å². The van der Waals surface area contributed by atoms with Gasteiger partial charge in [0, 0.05) is 23.8 Å². The number of piperidine rings is 1. The van der Waals surface area contributed by atoms with Crippen LogP contribution in [0.1, 0.15) is 24.0 Å². The number of anilines is 1.